The van der Waals surface area contributed by atoms with Gasteiger partial charge in [-0.05, 0) is 56.0 Å². The first-order valence-corrected chi connectivity index (χ1v) is 17.7. The van der Waals surface area contributed by atoms with Crippen molar-refractivity contribution in [1.29, 1.82) is 0 Å². The summed E-state index contributed by atoms with van der Waals surface area (Å²) in [6.07, 6.45) is -10.0. The number of hydrogen-bond donors (Lipinski definition) is 4. The van der Waals surface area contributed by atoms with E-state index in [-0.39, 0.29) is 23.1 Å². The molecule has 0 aliphatic heterocycles. The van der Waals surface area contributed by atoms with E-state index in [0.29, 0.717) is 0 Å². The quantitative estimate of drug-likeness (QED) is 0.174. The van der Waals surface area contributed by atoms with E-state index in [1.807, 2.05) is 0 Å². The minimum absolute atomic E-state index is 0.0118. The third-order valence-electron chi connectivity index (χ3n) is 11.6. The second-order valence-corrected chi connectivity index (χ2v) is 15.1. The van der Waals surface area contributed by atoms with Crippen LogP contribution in [0.1, 0.15) is 75.6 Å². The summed E-state index contributed by atoms with van der Waals surface area (Å²) in [5.41, 5.74) is -10.2. The normalized spacial score (nSPS) is 38.4. The van der Waals surface area contributed by atoms with Gasteiger partial charge >= 0.3 is 29.8 Å². The fourth-order valence-electron chi connectivity index (χ4n) is 9.35. The highest BCUT2D eigenvalue weighted by Gasteiger charge is 2.82. The lowest BCUT2D eigenvalue weighted by Crippen LogP contribution is -2.77. The van der Waals surface area contributed by atoms with Crippen molar-refractivity contribution >= 4 is 29.8 Å². The molecule has 0 spiro atoms. The van der Waals surface area contributed by atoms with Crippen LogP contribution in [0.5, 0.6) is 0 Å². The Hall–Kier alpha value is -4.63. The van der Waals surface area contributed by atoms with Gasteiger partial charge in [0, 0.05) is 32.6 Å². The van der Waals surface area contributed by atoms with Gasteiger partial charge < -0.3 is 44.1 Å². The largest absolute Gasteiger partial charge is 0.459 e. The standard InChI is InChI=1S/C40H48O14/c1-20(2)40(54-35(47)27-17-13-10-14-18-27)30(44)22(4)38(48)28-19-21(3)32(50-23(5)41)39(28,49)36(52-25(7)43)37(8,33(51-24(6)42)29(38)31(40)45)53-34(46)26-15-11-9-12-16-26/h9-18,21-22,28-33,36,44-45,48-49H,1,19H2,2-8H3/t21-,22+,28-,29+,30-,31+,32-,33-,36+,37+,38-,39+,40-/m0/s1. The third-order valence-corrected chi connectivity index (χ3v) is 11.6. The van der Waals surface area contributed by atoms with Crippen LogP contribution in [-0.4, -0.2) is 103 Å². The van der Waals surface area contributed by atoms with Crippen LogP contribution in [0.4, 0.5) is 0 Å². The van der Waals surface area contributed by atoms with E-state index in [4.69, 9.17) is 23.7 Å². The van der Waals surface area contributed by atoms with E-state index in [1.54, 1.807) is 43.3 Å². The van der Waals surface area contributed by atoms with Crippen molar-refractivity contribution in [2.24, 2.45) is 23.7 Å². The minimum atomic E-state index is -2.65. The zero-order valence-electron chi connectivity index (χ0n) is 31.3. The van der Waals surface area contributed by atoms with Gasteiger partial charge in [0.2, 0.25) is 0 Å². The molecule has 14 nitrogen and oxygen atoms in total. The molecule has 2 aromatic carbocycles. The Morgan fingerprint density at radius 2 is 1.15 bits per heavy atom. The molecule has 0 heterocycles. The molecule has 0 bridgehead atoms. The second kappa shape index (κ2) is 14.5. The van der Waals surface area contributed by atoms with Crippen LogP contribution >= 0.6 is 0 Å². The molecule has 2 aromatic rings. The first kappa shape index (κ1) is 40.6. The van der Waals surface area contributed by atoms with Crippen molar-refractivity contribution in [1.82, 2.24) is 0 Å². The Morgan fingerprint density at radius 1 is 0.685 bits per heavy atom. The van der Waals surface area contributed by atoms with E-state index >= 15 is 0 Å². The number of hydrogen-bond acceptors (Lipinski definition) is 14. The Labute approximate surface area is 313 Å². The SMILES string of the molecule is C=C(C)[C@@]1(OC(=O)c2ccccc2)[C@H](O)[C@@H]2[C@H](OC(C)=O)[C@@](C)(OC(=O)c3ccccc3)[C@@H](OC(C)=O)[C@@]3(O)[C@@H](C[C@H](C)[C@@H]3OC(C)=O)[C@@]2(O)[C@H](C)[C@@H]1O. The Kier molecular flexibility index (Phi) is 10.9. The van der Waals surface area contributed by atoms with Gasteiger partial charge in [-0.1, -0.05) is 56.8 Å². The average molecular weight is 753 g/mol. The third kappa shape index (κ3) is 6.28. The molecule has 54 heavy (non-hydrogen) atoms. The second-order valence-electron chi connectivity index (χ2n) is 15.1. The van der Waals surface area contributed by atoms with Crippen molar-refractivity contribution in [3.05, 3.63) is 83.9 Å². The van der Waals surface area contributed by atoms with Gasteiger partial charge in [0.1, 0.15) is 23.9 Å². The zero-order chi connectivity index (χ0) is 40.1. The molecule has 13 atom stereocenters. The lowest BCUT2D eigenvalue weighted by Gasteiger charge is -2.60. The van der Waals surface area contributed by atoms with Gasteiger partial charge in [-0.3, -0.25) is 14.4 Å². The van der Waals surface area contributed by atoms with E-state index in [0.717, 1.165) is 20.8 Å². The number of benzene rings is 2. The summed E-state index contributed by atoms with van der Waals surface area (Å²) in [5.74, 6) is -10.6. The van der Waals surface area contributed by atoms with Crippen molar-refractivity contribution in [2.45, 2.75) is 108 Å². The highest BCUT2D eigenvalue weighted by Crippen LogP contribution is 2.64. The van der Waals surface area contributed by atoms with Crippen LogP contribution in [0.25, 0.3) is 0 Å². The highest BCUT2D eigenvalue weighted by atomic mass is 16.6. The van der Waals surface area contributed by atoms with E-state index < -0.39 is 106 Å². The summed E-state index contributed by atoms with van der Waals surface area (Å²) in [6.45, 7) is 12.7. The van der Waals surface area contributed by atoms with Gasteiger partial charge in [-0.25, -0.2) is 9.59 Å². The monoisotopic (exact) mass is 752 g/mol. The fourth-order valence-corrected chi connectivity index (χ4v) is 9.35. The van der Waals surface area contributed by atoms with Crippen LogP contribution in [-0.2, 0) is 38.1 Å². The molecule has 0 unspecified atom stereocenters. The molecular weight excluding hydrogens is 704 g/mol. The van der Waals surface area contributed by atoms with Gasteiger partial charge in [0.25, 0.3) is 0 Å². The summed E-state index contributed by atoms with van der Waals surface area (Å²) in [5, 5.41) is 51.8. The predicted octanol–water partition coefficient (Wildman–Crippen LogP) is 2.69. The maximum Gasteiger partial charge on any atom is 0.339 e. The van der Waals surface area contributed by atoms with Crippen molar-refractivity contribution in [3.8, 4) is 0 Å². The van der Waals surface area contributed by atoms with Crippen LogP contribution in [0.3, 0.4) is 0 Å². The summed E-state index contributed by atoms with van der Waals surface area (Å²) >= 11 is 0. The Bertz CT molecular complexity index is 1800. The smallest absolute Gasteiger partial charge is 0.339 e. The molecule has 0 radical (unpaired) electrons. The molecular formula is C40H48O14. The fraction of sp³-hybridized carbons (Fsp3) is 0.525. The van der Waals surface area contributed by atoms with Gasteiger partial charge in [-0.15, -0.1) is 0 Å². The first-order chi connectivity index (χ1) is 25.2. The molecule has 5 rings (SSSR count). The zero-order valence-corrected chi connectivity index (χ0v) is 31.3. The van der Waals surface area contributed by atoms with E-state index in [9.17, 15) is 44.4 Å². The summed E-state index contributed by atoms with van der Waals surface area (Å²) < 4.78 is 29.8. The van der Waals surface area contributed by atoms with Crippen molar-refractivity contribution in [2.75, 3.05) is 0 Å². The molecule has 0 saturated heterocycles. The molecule has 0 amide bonds. The minimum Gasteiger partial charge on any atom is -0.459 e. The molecule has 0 aromatic heterocycles. The molecule has 3 aliphatic carbocycles. The number of carbonyl (C=O) groups is 5. The summed E-state index contributed by atoms with van der Waals surface area (Å²) in [4.78, 5) is 66.7. The maximum atomic E-state index is 14.1. The van der Waals surface area contributed by atoms with Crippen molar-refractivity contribution < 1.29 is 68.1 Å². The Balaban J connectivity index is 1.88. The highest BCUT2D eigenvalue weighted by molar-refractivity contribution is 5.90. The van der Waals surface area contributed by atoms with Gasteiger partial charge in [0.05, 0.1) is 22.6 Å². The van der Waals surface area contributed by atoms with Crippen LogP contribution < -0.4 is 0 Å². The number of ether oxygens (including phenoxy) is 5. The van der Waals surface area contributed by atoms with Gasteiger partial charge in [0.15, 0.2) is 23.4 Å². The number of aliphatic hydroxyl groups excluding tert-OH is 2. The van der Waals surface area contributed by atoms with Gasteiger partial charge in [-0.2, -0.15) is 0 Å². The number of fused-ring (bicyclic) bond motifs is 3. The lowest BCUT2D eigenvalue weighted by molar-refractivity contribution is -0.297. The van der Waals surface area contributed by atoms with Crippen molar-refractivity contribution in [3.63, 3.8) is 0 Å². The number of esters is 5. The Morgan fingerprint density at radius 3 is 1.61 bits per heavy atom. The number of rotatable bonds is 8. The van der Waals surface area contributed by atoms with E-state index in [1.165, 1.54) is 45.0 Å². The summed E-state index contributed by atoms with van der Waals surface area (Å²) in [7, 11) is 0. The molecule has 3 fully saturated rings. The van der Waals surface area contributed by atoms with Crippen LogP contribution in [0.15, 0.2) is 72.8 Å². The molecule has 14 heteroatoms. The first-order valence-electron chi connectivity index (χ1n) is 17.7. The average Bonchev–Trinajstić information content (AvgIpc) is 3.34. The molecule has 3 aliphatic rings. The molecule has 4 N–H and O–H groups in total. The molecule has 3 saturated carbocycles. The lowest BCUT2D eigenvalue weighted by atomic mass is 9.52. The number of carbonyl (C=O) groups excluding carboxylic acids is 5. The van der Waals surface area contributed by atoms with Crippen LogP contribution in [0.2, 0.25) is 0 Å². The maximum absolute atomic E-state index is 14.1. The predicted molar refractivity (Wildman–Crippen MR) is 188 cm³/mol. The number of aliphatic hydroxyl groups is 4. The topological polar surface area (TPSA) is 212 Å². The summed E-state index contributed by atoms with van der Waals surface area (Å²) in [6, 6.07) is 15.3. The van der Waals surface area contributed by atoms with E-state index in [2.05, 4.69) is 6.58 Å². The van der Waals surface area contributed by atoms with Crippen LogP contribution in [0, 0.1) is 23.7 Å². The molecule has 292 valence electrons.